The second-order valence-corrected chi connectivity index (χ2v) is 6.53. The SMILES string of the molecule is Cc1cccc(CNC(=O)c2ccc(Nc3ccc(C)c(C)c3)cn2)c1. The van der Waals surface area contributed by atoms with Gasteiger partial charge in [-0.15, -0.1) is 0 Å². The fourth-order valence-electron chi connectivity index (χ4n) is 2.68. The van der Waals surface area contributed by atoms with Crippen LogP contribution in [0.5, 0.6) is 0 Å². The Morgan fingerprint density at radius 2 is 1.73 bits per heavy atom. The highest BCUT2D eigenvalue weighted by Gasteiger charge is 2.07. The lowest BCUT2D eigenvalue weighted by atomic mass is 10.1. The van der Waals surface area contributed by atoms with Crippen LogP contribution in [0, 0.1) is 20.8 Å². The molecule has 1 aromatic heterocycles. The number of aromatic nitrogens is 1. The number of anilines is 2. The number of rotatable bonds is 5. The zero-order valence-electron chi connectivity index (χ0n) is 15.3. The Bertz CT molecular complexity index is 917. The third-order valence-electron chi connectivity index (χ3n) is 4.33. The Hall–Kier alpha value is -3.14. The quantitative estimate of drug-likeness (QED) is 0.706. The number of benzene rings is 2. The first-order valence-corrected chi connectivity index (χ1v) is 8.65. The molecule has 3 aromatic rings. The molecule has 0 atom stereocenters. The van der Waals surface area contributed by atoms with E-state index in [1.54, 1.807) is 12.3 Å². The van der Waals surface area contributed by atoms with Crippen LogP contribution in [0.15, 0.2) is 60.8 Å². The van der Waals surface area contributed by atoms with Crippen LogP contribution < -0.4 is 10.6 Å². The first-order valence-electron chi connectivity index (χ1n) is 8.65. The molecule has 2 N–H and O–H groups in total. The molecule has 0 spiro atoms. The lowest BCUT2D eigenvalue weighted by molar-refractivity contribution is 0.0946. The molecule has 0 aliphatic heterocycles. The maximum Gasteiger partial charge on any atom is 0.270 e. The van der Waals surface area contributed by atoms with Gasteiger partial charge in [-0.3, -0.25) is 4.79 Å². The van der Waals surface area contributed by atoms with Crippen LogP contribution in [-0.4, -0.2) is 10.9 Å². The summed E-state index contributed by atoms with van der Waals surface area (Å²) in [5.41, 5.74) is 7.01. The summed E-state index contributed by atoms with van der Waals surface area (Å²) in [4.78, 5) is 16.5. The van der Waals surface area contributed by atoms with Crippen LogP contribution in [-0.2, 0) is 6.54 Å². The van der Waals surface area contributed by atoms with Gasteiger partial charge in [-0.2, -0.15) is 0 Å². The molecule has 0 saturated carbocycles. The summed E-state index contributed by atoms with van der Waals surface area (Å²) >= 11 is 0. The van der Waals surface area contributed by atoms with Crippen molar-refractivity contribution >= 4 is 17.3 Å². The average molecular weight is 345 g/mol. The molecule has 0 radical (unpaired) electrons. The predicted molar refractivity (Wildman–Crippen MR) is 106 cm³/mol. The van der Waals surface area contributed by atoms with Gasteiger partial charge in [0.05, 0.1) is 11.9 Å². The van der Waals surface area contributed by atoms with Crippen LogP contribution in [0.25, 0.3) is 0 Å². The van der Waals surface area contributed by atoms with Gasteiger partial charge >= 0.3 is 0 Å². The summed E-state index contributed by atoms with van der Waals surface area (Å²) in [6.07, 6.45) is 1.68. The second-order valence-electron chi connectivity index (χ2n) is 6.53. The molecule has 0 unspecified atom stereocenters. The maximum absolute atomic E-state index is 12.3. The molecule has 0 fully saturated rings. The second kappa shape index (κ2) is 7.83. The monoisotopic (exact) mass is 345 g/mol. The van der Waals surface area contributed by atoms with Crippen molar-refractivity contribution in [2.75, 3.05) is 5.32 Å². The van der Waals surface area contributed by atoms with Crippen LogP contribution in [0.2, 0.25) is 0 Å². The Balaban J connectivity index is 1.61. The Labute approximate surface area is 154 Å². The van der Waals surface area contributed by atoms with E-state index < -0.39 is 0 Å². The van der Waals surface area contributed by atoms with Crippen LogP contribution in [0.3, 0.4) is 0 Å². The summed E-state index contributed by atoms with van der Waals surface area (Å²) < 4.78 is 0. The summed E-state index contributed by atoms with van der Waals surface area (Å²) in [6.45, 7) is 6.70. The van der Waals surface area contributed by atoms with Gasteiger partial charge in [0, 0.05) is 12.2 Å². The largest absolute Gasteiger partial charge is 0.354 e. The van der Waals surface area contributed by atoms with Crippen molar-refractivity contribution in [1.82, 2.24) is 10.3 Å². The van der Waals surface area contributed by atoms with Crippen molar-refractivity contribution in [2.24, 2.45) is 0 Å². The molecule has 3 rings (SSSR count). The average Bonchev–Trinajstić information content (AvgIpc) is 2.63. The molecular formula is C22H23N3O. The number of nitrogens with zero attached hydrogens (tertiary/aromatic N) is 1. The Morgan fingerprint density at radius 3 is 2.42 bits per heavy atom. The van der Waals surface area contributed by atoms with Crippen molar-refractivity contribution in [3.63, 3.8) is 0 Å². The number of carbonyl (C=O) groups excluding carboxylic acids is 1. The first-order chi connectivity index (χ1) is 12.5. The molecule has 4 heteroatoms. The summed E-state index contributed by atoms with van der Waals surface area (Å²) in [6, 6.07) is 17.9. The van der Waals surface area contributed by atoms with E-state index in [0.717, 1.165) is 16.9 Å². The van der Waals surface area contributed by atoms with E-state index in [-0.39, 0.29) is 5.91 Å². The van der Waals surface area contributed by atoms with Crippen molar-refractivity contribution < 1.29 is 4.79 Å². The van der Waals surface area contributed by atoms with Gasteiger partial charge in [0.25, 0.3) is 5.91 Å². The number of hydrogen-bond acceptors (Lipinski definition) is 3. The predicted octanol–water partition coefficient (Wildman–Crippen LogP) is 4.68. The molecule has 2 aromatic carbocycles. The number of hydrogen-bond donors (Lipinski definition) is 2. The number of aryl methyl sites for hydroxylation is 3. The number of carbonyl (C=O) groups is 1. The molecule has 4 nitrogen and oxygen atoms in total. The van der Waals surface area contributed by atoms with Gasteiger partial charge in [-0.05, 0) is 61.7 Å². The smallest absolute Gasteiger partial charge is 0.270 e. The number of nitrogens with one attached hydrogen (secondary N) is 2. The molecule has 0 saturated heterocycles. The third kappa shape index (κ3) is 4.48. The summed E-state index contributed by atoms with van der Waals surface area (Å²) in [5, 5.41) is 6.21. The van der Waals surface area contributed by atoms with E-state index in [9.17, 15) is 4.79 Å². The zero-order valence-corrected chi connectivity index (χ0v) is 15.3. The fraction of sp³-hybridized carbons (Fsp3) is 0.182. The van der Waals surface area contributed by atoms with Gasteiger partial charge in [0.15, 0.2) is 0 Å². The topological polar surface area (TPSA) is 54.0 Å². The van der Waals surface area contributed by atoms with E-state index in [0.29, 0.717) is 12.2 Å². The molecule has 0 aliphatic carbocycles. The zero-order chi connectivity index (χ0) is 18.5. The molecule has 1 amide bonds. The molecule has 132 valence electrons. The summed E-state index contributed by atoms with van der Waals surface area (Å²) in [5.74, 6) is -0.177. The molecule has 26 heavy (non-hydrogen) atoms. The van der Waals surface area contributed by atoms with Gasteiger partial charge < -0.3 is 10.6 Å². The van der Waals surface area contributed by atoms with Crippen LogP contribution >= 0.6 is 0 Å². The normalized spacial score (nSPS) is 10.4. The van der Waals surface area contributed by atoms with E-state index in [1.165, 1.54) is 16.7 Å². The minimum absolute atomic E-state index is 0.177. The van der Waals surface area contributed by atoms with E-state index in [1.807, 2.05) is 37.3 Å². The highest BCUT2D eigenvalue weighted by atomic mass is 16.1. The summed E-state index contributed by atoms with van der Waals surface area (Å²) in [7, 11) is 0. The van der Waals surface area contributed by atoms with Crippen LogP contribution in [0.1, 0.15) is 32.7 Å². The first kappa shape index (κ1) is 17.7. The minimum atomic E-state index is -0.177. The molecular weight excluding hydrogens is 322 g/mol. The van der Waals surface area contributed by atoms with E-state index in [2.05, 4.69) is 47.7 Å². The van der Waals surface area contributed by atoms with E-state index in [4.69, 9.17) is 0 Å². The molecule has 0 bridgehead atoms. The number of amides is 1. The maximum atomic E-state index is 12.3. The van der Waals surface area contributed by atoms with Gasteiger partial charge in [-0.1, -0.05) is 35.9 Å². The van der Waals surface area contributed by atoms with E-state index >= 15 is 0 Å². The van der Waals surface area contributed by atoms with Gasteiger partial charge in [-0.25, -0.2) is 4.98 Å². The standard InChI is InChI=1S/C22H23N3O/c1-15-5-4-6-18(11-15)13-24-22(26)21-10-9-20(14-23-21)25-19-8-7-16(2)17(3)12-19/h4-12,14,25H,13H2,1-3H3,(H,24,26). The van der Waals surface area contributed by atoms with Crippen molar-refractivity contribution in [1.29, 1.82) is 0 Å². The highest BCUT2D eigenvalue weighted by molar-refractivity contribution is 5.92. The Kier molecular flexibility index (Phi) is 5.32. The van der Waals surface area contributed by atoms with Crippen molar-refractivity contribution in [3.05, 3.63) is 88.7 Å². The third-order valence-corrected chi connectivity index (χ3v) is 4.33. The Morgan fingerprint density at radius 1 is 0.923 bits per heavy atom. The minimum Gasteiger partial charge on any atom is -0.354 e. The highest BCUT2D eigenvalue weighted by Crippen LogP contribution is 2.19. The van der Waals surface area contributed by atoms with Gasteiger partial charge in [0.1, 0.15) is 5.69 Å². The van der Waals surface area contributed by atoms with Crippen LogP contribution in [0.4, 0.5) is 11.4 Å². The van der Waals surface area contributed by atoms with Crippen molar-refractivity contribution in [3.8, 4) is 0 Å². The number of pyridine rings is 1. The molecule has 0 aliphatic rings. The molecule has 1 heterocycles. The lowest BCUT2D eigenvalue weighted by Gasteiger charge is -2.09. The lowest BCUT2D eigenvalue weighted by Crippen LogP contribution is -2.23. The fourth-order valence-corrected chi connectivity index (χ4v) is 2.68. The van der Waals surface area contributed by atoms with Gasteiger partial charge in [0.2, 0.25) is 0 Å². The van der Waals surface area contributed by atoms with Crippen molar-refractivity contribution in [2.45, 2.75) is 27.3 Å².